The Hall–Kier alpha value is -2.91. The molecule has 0 aliphatic carbocycles. The summed E-state index contributed by atoms with van der Waals surface area (Å²) in [4.78, 5) is 26.1. The second-order valence-electron chi connectivity index (χ2n) is 8.48. The van der Waals surface area contributed by atoms with Crippen LogP contribution in [-0.4, -0.2) is 31.3 Å². The van der Waals surface area contributed by atoms with Gasteiger partial charge in [0.1, 0.15) is 5.76 Å². The lowest BCUT2D eigenvalue weighted by molar-refractivity contribution is -0.116. The number of rotatable bonds is 6. The van der Waals surface area contributed by atoms with Crippen LogP contribution in [0, 0.1) is 0 Å². The number of benzene rings is 1. The molecule has 0 aliphatic rings. The fourth-order valence-corrected chi connectivity index (χ4v) is 4.49. The van der Waals surface area contributed by atoms with Gasteiger partial charge in [-0.25, -0.2) is 9.97 Å². The molecule has 1 unspecified atom stereocenters. The molecule has 0 saturated carbocycles. The summed E-state index contributed by atoms with van der Waals surface area (Å²) < 4.78 is 18.4. The quantitative estimate of drug-likeness (QED) is 0.430. The summed E-state index contributed by atoms with van der Waals surface area (Å²) in [5.74, 6) is 1.23. The third-order valence-electron chi connectivity index (χ3n) is 4.87. The zero-order valence-corrected chi connectivity index (χ0v) is 20.0. The third kappa shape index (κ3) is 5.11. The number of oxazole rings is 1. The molecule has 0 saturated heterocycles. The number of nitrogens with zero attached hydrogens (tertiary/aromatic N) is 3. The number of anilines is 1. The van der Waals surface area contributed by atoms with Gasteiger partial charge in [0.25, 0.3) is 0 Å². The zero-order valence-electron chi connectivity index (χ0n) is 18.3. The molecule has 166 valence electrons. The number of carbonyl (C=O) groups excluding carboxylic acids is 1. The second kappa shape index (κ2) is 8.91. The molecule has 0 radical (unpaired) electrons. The fourth-order valence-electron chi connectivity index (χ4n) is 3.07. The number of thiazole rings is 1. The number of fused-ring (bicyclic) bond motifs is 1. The highest BCUT2D eigenvalue weighted by atomic mass is 32.2. The Balaban J connectivity index is 1.44. The first-order valence-corrected chi connectivity index (χ1v) is 12.5. The molecule has 9 heteroatoms. The van der Waals surface area contributed by atoms with Crippen molar-refractivity contribution in [1.82, 2.24) is 15.0 Å². The van der Waals surface area contributed by atoms with E-state index in [1.807, 2.05) is 24.3 Å². The van der Waals surface area contributed by atoms with Crippen molar-refractivity contribution >= 4 is 43.4 Å². The zero-order chi connectivity index (χ0) is 22.9. The minimum absolute atomic E-state index is 0.113. The highest BCUT2D eigenvalue weighted by molar-refractivity contribution is 7.84. The van der Waals surface area contributed by atoms with E-state index >= 15 is 0 Å². The molecule has 1 atom stereocenters. The lowest BCUT2D eigenvalue weighted by atomic mass is 9.94. The van der Waals surface area contributed by atoms with E-state index in [2.05, 4.69) is 41.0 Å². The van der Waals surface area contributed by atoms with E-state index in [4.69, 9.17) is 4.42 Å². The Kier molecular flexibility index (Phi) is 6.21. The normalized spacial score (nSPS) is 12.8. The highest BCUT2D eigenvalue weighted by Gasteiger charge is 2.19. The summed E-state index contributed by atoms with van der Waals surface area (Å²) in [5.41, 5.74) is 2.54. The van der Waals surface area contributed by atoms with E-state index < -0.39 is 10.8 Å². The molecule has 1 amide bonds. The molecule has 1 N–H and O–H groups in total. The molecular formula is C23H24N4O3S2. The summed E-state index contributed by atoms with van der Waals surface area (Å²) in [5, 5.41) is 3.42. The first-order chi connectivity index (χ1) is 15.2. The van der Waals surface area contributed by atoms with Crippen molar-refractivity contribution in [2.45, 2.75) is 43.9 Å². The lowest BCUT2D eigenvalue weighted by Crippen LogP contribution is -2.12. The van der Waals surface area contributed by atoms with Gasteiger partial charge in [-0.1, -0.05) is 38.2 Å². The molecule has 0 spiro atoms. The third-order valence-corrected chi connectivity index (χ3v) is 6.69. The molecule has 1 aromatic carbocycles. The molecule has 32 heavy (non-hydrogen) atoms. The van der Waals surface area contributed by atoms with Crippen LogP contribution in [0.15, 0.2) is 52.2 Å². The van der Waals surface area contributed by atoms with Crippen molar-refractivity contribution < 1.29 is 13.4 Å². The standard InChI is InChI=1S/C23H24N4O3S2/c1-23(2,3)19-13-25-21(30-19)8-7-20(28)27-22-26-17-6-5-14(10-18(17)31-22)15-9-16(32(4)29)12-24-11-15/h5-6,9-13H,7-8H2,1-4H3,(H,26,27,28). The minimum Gasteiger partial charge on any atom is -0.445 e. The van der Waals surface area contributed by atoms with Gasteiger partial charge in [-0.15, -0.1) is 0 Å². The predicted octanol–water partition coefficient (Wildman–Crippen LogP) is 4.95. The molecule has 3 aromatic heterocycles. The van der Waals surface area contributed by atoms with Gasteiger partial charge in [0.2, 0.25) is 5.91 Å². The van der Waals surface area contributed by atoms with Crippen LogP contribution in [0.4, 0.5) is 5.13 Å². The molecule has 0 bridgehead atoms. The van der Waals surface area contributed by atoms with Crippen LogP contribution in [0.3, 0.4) is 0 Å². The highest BCUT2D eigenvalue weighted by Crippen LogP contribution is 2.31. The van der Waals surface area contributed by atoms with Gasteiger partial charge >= 0.3 is 0 Å². The van der Waals surface area contributed by atoms with E-state index in [9.17, 15) is 9.00 Å². The predicted molar refractivity (Wildman–Crippen MR) is 127 cm³/mol. The summed E-state index contributed by atoms with van der Waals surface area (Å²) in [6, 6.07) is 7.74. The maximum atomic E-state index is 12.4. The van der Waals surface area contributed by atoms with Crippen LogP contribution in [0.1, 0.15) is 38.8 Å². The summed E-state index contributed by atoms with van der Waals surface area (Å²) in [7, 11) is -1.09. The number of aryl methyl sites for hydroxylation is 1. The number of aromatic nitrogens is 3. The van der Waals surface area contributed by atoms with Crippen LogP contribution in [0.2, 0.25) is 0 Å². The number of carbonyl (C=O) groups is 1. The minimum atomic E-state index is -1.09. The summed E-state index contributed by atoms with van der Waals surface area (Å²) in [6.07, 6.45) is 7.40. The van der Waals surface area contributed by atoms with Crippen LogP contribution in [0.5, 0.6) is 0 Å². The largest absolute Gasteiger partial charge is 0.445 e. The average Bonchev–Trinajstić information content (AvgIpc) is 3.38. The molecule has 0 fully saturated rings. The van der Waals surface area contributed by atoms with E-state index in [1.54, 1.807) is 24.8 Å². The van der Waals surface area contributed by atoms with E-state index in [1.165, 1.54) is 11.3 Å². The molecular weight excluding hydrogens is 444 g/mol. The molecule has 0 aliphatic heterocycles. The molecule has 3 heterocycles. The van der Waals surface area contributed by atoms with Crippen molar-refractivity contribution in [3.8, 4) is 11.1 Å². The number of hydrogen-bond acceptors (Lipinski definition) is 7. The number of hydrogen-bond donors (Lipinski definition) is 1. The average molecular weight is 469 g/mol. The van der Waals surface area contributed by atoms with Crippen LogP contribution >= 0.6 is 11.3 Å². The lowest BCUT2D eigenvalue weighted by Gasteiger charge is -2.13. The van der Waals surface area contributed by atoms with Gasteiger partial charge in [0.15, 0.2) is 11.0 Å². The van der Waals surface area contributed by atoms with Crippen molar-refractivity contribution in [2.24, 2.45) is 0 Å². The Morgan fingerprint density at radius 1 is 1.16 bits per heavy atom. The first kappa shape index (κ1) is 22.3. The Morgan fingerprint density at radius 3 is 2.69 bits per heavy atom. The van der Waals surface area contributed by atoms with Crippen molar-refractivity contribution in [3.63, 3.8) is 0 Å². The van der Waals surface area contributed by atoms with Gasteiger partial charge in [-0.05, 0) is 23.8 Å². The topological polar surface area (TPSA) is 98.0 Å². The second-order valence-corrected chi connectivity index (χ2v) is 10.9. The van der Waals surface area contributed by atoms with Gasteiger partial charge < -0.3 is 9.73 Å². The van der Waals surface area contributed by atoms with Gasteiger partial charge in [-0.2, -0.15) is 0 Å². The fraction of sp³-hybridized carbons (Fsp3) is 0.304. The van der Waals surface area contributed by atoms with Crippen LogP contribution < -0.4 is 5.32 Å². The summed E-state index contributed by atoms with van der Waals surface area (Å²) >= 11 is 1.41. The Morgan fingerprint density at radius 2 is 1.97 bits per heavy atom. The number of nitrogens with one attached hydrogen (secondary N) is 1. The SMILES string of the molecule is CS(=O)c1cncc(-c2ccc3nc(NC(=O)CCc4ncc(C(C)(C)C)o4)sc3c2)c1. The summed E-state index contributed by atoms with van der Waals surface area (Å²) in [6.45, 7) is 6.17. The van der Waals surface area contributed by atoms with E-state index in [0.29, 0.717) is 22.3 Å². The van der Waals surface area contributed by atoms with Gasteiger partial charge in [0.05, 0.1) is 32.1 Å². The number of amides is 1. The molecule has 4 aromatic rings. The van der Waals surface area contributed by atoms with Gasteiger partial charge in [0, 0.05) is 42.5 Å². The van der Waals surface area contributed by atoms with Crippen LogP contribution in [-0.2, 0) is 27.4 Å². The van der Waals surface area contributed by atoms with Crippen LogP contribution in [0.25, 0.3) is 21.3 Å². The smallest absolute Gasteiger partial charge is 0.226 e. The Labute approximate surface area is 192 Å². The molecule has 7 nitrogen and oxygen atoms in total. The van der Waals surface area contributed by atoms with Crippen molar-refractivity contribution in [1.29, 1.82) is 0 Å². The van der Waals surface area contributed by atoms with E-state index in [-0.39, 0.29) is 17.7 Å². The number of pyridine rings is 1. The maximum absolute atomic E-state index is 12.4. The van der Waals surface area contributed by atoms with Crippen molar-refractivity contribution in [2.75, 3.05) is 11.6 Å². The Bertz CT molecular complexity index is 1300. The molecule has 4 rings (SSSR count). The van der Waals surface area contributed by atoms with E-state index in [0.717, 1.165) is 27.1 Å². The van der Waals surface area contributed by atoms with Gasteiger partial charge in [-0.3, -0.25) is 14.0 Å². The van der Waals surface area contributed by atoms with Crippen molar-refractivity contribution in [3.05, 3.63) is 54.5 Å². The monoisotopic (exact) mass is 468 g/mol. The maximum Gasteiger partial charge on any atom is 0.226 e. The first-order valence-electron chi connectivity index (χ1n) is 10.1.